The molecule has 4 nitrogen and oxygen atoms in total. The van der Waals surface area contributed by atoms with Crippen molar-refractivity contribution in [1.82, 2.24) is 4.90 Å². The zero-order chi connectivity index (χ0) is 16.4. The first kappa shape index (κ1) is 15.7. The maximum Gasteiger partial charge on any atom is 0.337 e. The van der Waals surface area contributed by atoms with Crippen molar-refractivity contribution >= 4 is 23.4 Å². The second-order valence-electron chi connectivity index (χ2n) is 5.51. The Morgan fingerprint density at radius 3 is 2.04 bits per heavy atom. The second-order valence-corrected chi connectivity index (χ2v) is 5.95. The molecule has 0 aromatic heterocycles. The van der Waals surface area contributed by atoms with E-state index in [1.165, 1.54) is 7.11 Å². The zero-order valence-electron chi connectivity index (χ0n) is 12.7. The molecule has 2 aromatic carbocycles. The van der Waals surface area contributed by atoms with Crippen molar-refractivity contribution in [3.05, 3.63) is 70.2 Å². The van der Waals surface area contributed by atoms with E-state index < -0.39 is 0 Å². The molecule has 1 aliphatic rings. The molecular weight excluding hydrogens is 314 g/mol. The highest BCUT2D eigenvalue weighted by atomic mass is 35.5. The van der Waals surface area contributed by atoms with Gasteiger partial charge in [-0.25, -0.2) is 4.79 Å². The summed E-state index contributed by atoms with van der Waals surface area (Å²) in [6.45, 7) is 0.873. The minimum absolute atomic E-state index is 0.0309. The summed E-state index contributed by atoms with van der Waals surface area (Å²) in [6.07, 6.45) is 0. The molecule has 3 rings (SSSR count). The van der Waals surface area contributed by atoms with Gasteiger partial charge in [0.1, 0.15) is 0 Å². The maximum atomic E-state index is 11.6. The summed E-state index contributed by atoms with van der Waals surface area (Å²) in [7, 11) is 1.36. The van der Waals surface area contributed by atoms with E-state index in [0.29, 0.717) is 23.7 Å². The Bertz CT molecular complexity index is 717. The lowest BCUT2D eigenvalue weighted by atomic mass is 9.93. The second kappa shape index (κ2) is 6.52. The number of Topliss-reactive ketones (excluding diaryl/α,β-unsaturated/α-hetero) is 1. The van der Waals surface area contributed by atoms with E-state index in [9.17, 15) is 9.59 Å². The van der Waals surface area contributed by atoms with Crippen LogP contribution in [-0.4, -0.2) is 36.9 Å². The third-order valence-electron chi connectivity index (χ3n) is 3.96. The number of hydrogen-bond donors (Lipinski definition) is 0. The molecule has 0 radical (unpaired) electrons. The van der Waals surface area contributed by atoms with Gasteiger partial charge < -0.3 is 4.74 Å². The Hall–Kier alpha value is -2.17. The van der Waals surface area contributed by atoms with Crippen molar-refractivity contribution in [3.63, 3.8) is 0 Å². The minimum Gasteiger partial charge on any atom is -0.465 e. The standard InChI is InChI=1S/C18H16ClNO3/c1-23-18(22)14-4-2-12(3-5-14)17(20-10-16(21)11-20)13-6-8-15(19)9-7-13/h2-9,17H,10-11H2,1H3. The molecule has 118 valence electrons. The van der Waals surface area contributed by atoms with Crippen LogP contribution in [0.4, 0.5) is 0 Å². The number of esters is 1. The number of ketones is 1. The molecule has 0 N–H and O–H groups in total. The van der Waals surface area contributed by atoms with Crippen molar-refractivity contribution in [2.45, 2.75) is 6.04 Å². The predicted molar refractivity (Wildman–Crippen MR) is 87.7 cm³/mol. The Balaban J connectivity index is 1.93. The van der Waals surface area contributed by atoms with Crippen LogP contribution in [0.5, 0.6) is 0 Å². The predicted octanol–water partition coefficient (Wildman–Crippen LogP) is 3.10. The summed E-state index contributed by atoms with van der Waals surface area (Å²) < 4.78 is 4.72. The van der Waals surface area contributed by atoms with Gasteiger partial charge in [0.15, 0.2) is 5.78 Å². The minimum atomic E-state index is -0.362. The highest BCUT2D eigenvalue weighted by molar-refractivity contribution is 6.30. The third-order valence-corrected chi connectivity index (χ3v) is 4.21. The highest BCUT2D eigenvalue weighted by Gasteiger charge is 2.32. The van der Waals surface area contributed by atoms with Gasteiger partial charge in [0, 0.05) is 5.02 Å². The Kier molecular flexibility index (Phi) is 4.46. The van der Waals surface area contributed by atoms with E-state index in [1.807, 2.05) is 36.4 Å². The lowest BCUT2D eigenvalue weighted by Gasteiger charge is -2.37. The molecule has 0 spiro atoms. The number of halogens is 1. The quantitative estimate of drug-likeness (QED) is 0.809. The largest absolute Gasteiger partial charge is 0.465 e. The number of likely N-dealkylation sites (tertiary alicyclic amines) is 1. The molecule has 0 saturated carbocycles. The summed E-state index contributed by atoms with van der Waals surface area (Å²) in [5.74, 6) is -0.131. The smallest absolute Gasteiger partial charge is 0.337 e. The number of nitrogens with zero attached hydrogens (tertiary/aromatic N) is 1. The van der Waals surface area contributed by atoms with Crippen LogP contribution in [0.2, 0.25) is 5.02 Å². The SMILES string of the molecule is COC(=O)c1ccc(C(c2ccc(Cl)cc2)N2CC(=O)C2)cc1. The van der Waals surface area contributed by atoms with Gasteiger partial charge in [0.2, 0.25) is 0 Å². The van der Waals surface area contributed by atoms with Crippen LogP contribution in [0.15, 0.2) is 48.5 Å². The number of rotatable bonds is 4. The van der Waals surface area contributed by atoms with Crippen molar-refractivity contribution in [3.8, 4) is 0 Å². The normalized spacial score (nSPS) is 15.8. The Labute approximate surface area is 139 Å². The molecule has 0 bridgehead atoms. The van der Waals surface area contributed by atoms with E-state index in [4.69, 9.17) is 16.3 Å². The fourth-order valence-corrected chi connectivity index (χ4v) is 2.89. The van der Waals surface area contributed by atoms with E-state index in [-0.39, 0.29) is 17.8 Å². The number of hydrogen-bond acceptors (Lipinski definition) is 4. The molecule has 1 fully saturated rings. The van der Waals surface area contributed by atoms with Gasteiger partial charge in [-0.2, -0.15) is 0 Å². The average molecular weight is 330 g/mol. The van der Waals surface area contributed by atoms with Crippen LogP contribution in [-0.2, 0) is 9.53 Å². The van der Waals surface area contributed by atoms with E-state index >= 15 is 0 Å². The topological polar surface area (TPSA) is 46.6 Å². The van der Waals surface area contributed by atoms with Gasteiger partial charge in [-0.3, -0.25) is 9.69 Å². The zero-order valence-corrected chi connectivity index (χ0v) is 13.4. The maximum absolute atomic E-state index is 11.6. The van der Waals surface area contributed by atoms with E-state index in [2.05, 4.69) is 4.90 Å². The summed E-state index contributed by atoms with van der Waals surface area (Å²) in [4.78, 5) is 25.0. The number of ether oxygens (including phenoxy) is 1. The average Bonchev–Trinajstić information content (AvgIpc) is 2.55. The van der Waals surface area contributed by atoms with Crippen LogP contribution in [0.3, 0.4) is 0 Å². The van der Waals surface area contributed by atoms with Gasteiger partial charge in [-0.15, -0.1) is 0 Å². The molecule has 1 heterocycles. The Morgan fingerprint density at radius 2 is 1.57 bits per heavy atom. The van der Waals surface area contributed by atoms with Crippen molar-refractivity contribution < 1.29 is 14.3 Å². The van der Waals surface area contributed by atoms with Crippen molar-refractivity contribution in [2.24, 2.45) is 0 Å². The molecule has 1 saturated heterocycles. The fourth-order valence-electron chi connectivity index (χ4n) is 2.77. The first-order chi connectivity index (χ1) is 11.1. The Morgan fingerprint density at radius 1 is 1.04 bits per heavy atom. The van der Waals surface area contributed by atoms with Crippen molar-refractivity contribution in [1.29, 1.82) is 0 Å². The lowest BCUT2D eigenvalue weighted by Crippen LogP contribution is -2.49. The van der Waals surface area contributed by atoms with E-state index in [0.717, 1.165) is 11.1 Å². The number of methoxy groups -OCH3 is 1. The van der Waals surface area contributed by atoms with E-state index in [1.54, 1.807) is 12.1 Å². The summed E-state index contributed by atoms with van der Waals surface area (Å²) in [5, 5.41) is 0.674. The number of benzene rings is 2. The number of carbonyl (C=O) groups is 2. The molecular formula is C18H16ClNO3. The van der Waals surface area contributed by atoms with Gasteiger partial charge in [-0.1, -0.05) is 35.9 Å². The van der Waals surface area contributed by atoms with Gasteiger partial charge in [0.05, 0.1) is 31.8 Å². The first-order valence-corrected chi connectivity index (χ1v) is 7.66. The summed E-state index contributed by atoms with van der Waals surface area (Å²) in [6, 6.07) is 14.9. The van der Waals surface area contributed by atoms with Crippen molar-refractivity contribution in [2.75, 3.05) is 20.2 Å². The van der Waals surface area contributed by atoms with Gasteiger partial charge >= 0.3 is 5.97 Å². The molecule has 5 heteroatoms. The van der Waals surface area contributed by atoms with Crippen LogP contribution in [0.1, 0.15) is 27.5 Å². The molecule has 1 aliphatic heterocycles. The molecule has 0 amide bonds. The summed E-state index contributed by atoms with van der Waals surface area (Å²) in [5.41, 5.74) is 2.59. The highest BCUT2D eigenvalue weighted by Crippen LogP contribution is 2.32. The van der Waals surface area contributed by atoms with Gasteiger partial charge in [-0.05, 0) is 35.4 Å². The monoisotopic (exact) mass is 329 g/mol. The van der Waals surface area contributed by atoms with Crippen LogP contribution in [0.25, 0.3) is 0 Å². The van der Waals surface area contributed by atoms with Crippen LogP contribution in [0, 0.1) is 0 Å². The summed E-state index contributed by atoms with van der Waals surface area (Å²) >= 11 is 5.97. The third kappa shape index (κ3) is 3.28. The first-order valence-electron chi connectivity index (χ1n) is 7.28. The lowest BCUT2D eigenvalue weighted by molar-refractivity contribution is -0.130. The van der Waals surface area contributed by atoms with Gasteiger partial charge in [0.25, 0.3) is 0 Å². The number of carbonyl (C=O) groups excluding carboxylic acids is 2. The molecule has 0 aliphatic carbocycles. The van der Waals surface area contributed by atoms with Crippen LogP contribution >= 0.6 is 11.6 Å². The molecule has 1 unspecified atom stereocenters. The molecule has 23 heavy (non-hydrogen) atoms. The fraction of sp³-hybridized carbons (Fsp3) is 0.222. The molecule has 1 atom stereocenters. The molecule has 2 aromatic rings. The van der Waals surface area contributed by atoms with Crippen LogP contribution < -0.4 is 0 Å².